The van der Waals surface area contributed by atoms with E-state index >= 15 is 0 Å². The van der Waals surface area contributed by atoms with Gasteiger partial charge in [0.2, 0.25) is 0 Å². The zero-order valence-corrected chi connectivity index (χ0v) is 9.53. The molecule has 1 aromatic rings. The normalized spacial score (nSPS) is 21.9. The molecule has 1 aromatic heterocycles. The summed E-state index contributed by atoms with van der Waals surface area (Å²) < 4.78 is 1.98. The first-order valence-electron chi connectivity index (χ1n) is 5.77. The van der Waals surface area contributed by atoms with E-state index in [0.29, 0.717) is 12.1 Å². The smallest absolute Gasteiger partial charge is 0.0729 e. The molecule has 0 spiro atoms. The van der Waals surface area contributed by atoms with Crippen LogP contribution >= 0.6 is 0 Å². The molecule has 1 fully saturated rings. The zero-order chi connectivity index (χ0) is 10.7. The molecule has 0 saturated carbocycles. The summed E-state index contributed by atoms with van der Waals surface area (Å²) in [7, 11) is 0. The van der Waals surface area contributed by atoms with E-state index in [-0.39, 0.29) is 0 Å². The van der Waals surface area contributed by atoms with Crippen LogP contribution in [0.2, 0.25) is 0 Å². The predicted molar refractivity (Wildman–Crippen MR) is 62.1 cm³/mol. The van der Waals surface area contributed by atoms with Crippen LogP contribution in [-0.2, 0) is 0 Å². The Morgan fingerprint density at radius 3 is 3.07 bits per heavy atom. The lowest BCUT2D eigenvalue weighted by molar-refractivity contribution is 0.479. The molecule has 4 heteroatoms. The van der Waals surface area contributed by atoms with Gasteiger partial charge in [-0.05, 0) is 33.2 Å². The lowest BCUT2D eigenvalue weighted by Crippen LogP contribution is -2.38. The molecule has 2 N–H and O–H groups in total. The molecule has 1 aliphatic heterocycles. The van der Waals surface area contributed by atoms with Gasteiger partial charge in [0.25, 0.3) is 0 Å². The minimum absolute atomic E-state index is 0.435. The van der Waals surface area contributed by atoms with Crippen molar-refractivity contribution in [1.82, 2.24) is 15.1 Å². The number of rotatable bonds is 3. The Bertz CT molecular complexity index is 299. The summed E-state index contributed by atoms with van der Waals surface area (Å²) in [6.45, 7) is 6.49. The van der Waals surface area contributed by atoms with Crippen molar-refractivity contribution in [3.63, 3.8) is 0 Å². The maximum atomic E-state index is 4.31. The number of nitrogens with one attached hydrogen (secondary N) is 2. The van der Waals surface area contributed by atoms with E-state index in [1.54, 1.807) is 0 Å². The molecule has 0 radical (unpaired) electrons. The molecular formula is C11H20N4. The van der Waals surface area contributed by atoms with Crippen molar-refractivity contribution < 1.29 is 0 Å². The summed E-state index contributed by atoms with van der Waals surface area (Å²) in [6.07, 6.45) is 6.50. The molecular weight excluding hydrogens is 188 g/mol. The molecule has 1 unspecified atom stereocenters. The van der Waals surface area contributed by atoms with Gasteiger partial charge in [-0.25, -0.2) is 0 Å². The van der Waals surface area contributed by atoms with Crippen LogP contribution in [0.15, 0.2) is 12.4 Å². The first-order chi connectivity index (χ1) is 7.25. The Hall–Kier alpha value is -1.03. The summed E-state index contributed by atoms with van der Waals surface area (Å²) in [5, 5.41) is 11.2. The molecule has 4 nitrogen and oxygen atoms in total. The average Bonchev–Trinajstić information content (AvgIpc) is 2.68. The minimum atomic E-state index is 0.435. The third kappa shape index (κ3) is 2.72. The lowest BCUT2D eigenvalue weighted by Gasteiger charge is -2.23. The maximum absolute atomic E-state index is 4.31. The van der Waals surface area contributed by atoms with Crippen LogP contribution in [0.25, 0.3) is 0 Å². The van der Waals surface area contributed by atoms with Crippen LogP contribution < -0.4 is 10.6 Å². The highest BCUT2D eigenvalue weighted by Crippen LogP contribution is 2.13. The van der Waals surface area contributed by atoms with Crippen LogP contribution in [0.3, 0.4) is 0 Å². The molecule has 15 heavy (non-hydrogen) atoms. The molecule has 0 bridgehead atoms. The highest BCUT2D eigenvalue weighted by atomic mass is 15.3. The van der Waals surface area contributed by atoms with Gasteiger partial charge >= 0.3 is 0 Å². The topological polar surface area (TPSA) is 41.9 Å². The monoisotopic (exact) mass is 208 g/mol. The van der Waals surface area contributed by atoms with Crippen molar-refractivity contribution in [2.45, 2.75) is 38.8 Å². The first kappa shape index (κ1) is 10.5. The number of piperidine rings is 1. The van der Waals surface area contributed by atoms with Gasteiger partial charge in [-0.3, -0.25) is 4.68 Å². The van der Waals surface area contributed by atoms with E-state index in [0.717, 1.165) is 18.8 Å². The van der Waals surface area contributed by atoms with Crippen molar-refractivity contribution >= 4 is 5.69 Å². The quantitative estimate of drug-likeness (QED) is 0.793. The van der Waals surface area contributed by atoms with Crippen molar-refractivity contribution in [2.75, 3.05) is 18.4 Å². The molecule has 1 aliphatic rings. The standard InChI is InChI=1S/C11H20N4/c1-9(2)15-8-11(7-13-15)14-10-4-3-5-12-6-10/h7-10,12,14H,3-6H2,1-2H3. The number of anilines is 1. The Kier molecular flexibility index (Phi) is 3.26. The molecule has 1 saturated heterocycles. The zero-order valence-electron chi connectivity index (χ0n) is 9.53. The van der Waals surface area contributed by atoms with Crippen LogP contribution in [0.5, 0.6) is 0 Å². The Morgan fingerprint density at radius 2 is 2.47 bits per heavy atom. The minimum Gasteiger partial charge on any atom is -0.378 e. The van der Waals surface area contributed by atoms with E-state index in [9.17, 15) is 0 Å². The molecule has 2 rings (SSSR count). The van der Waals surface area contributed by atoms with Gasteiger partial charge in [0.15, 0.2) is 0 Å². The van der Waals surface area contributed by atoms with Gasteiger partial charge < -0.3 is 10.6 Å². The van der Waals surface area contributed by atoms with Crippen molar-refractivity contribution in [2.24, 2.45) is 0 Å². The van der Waals surface area contributed by atoms with Crippen molar-refractivity contribution in [1.29, 1.82) is 0 Å². The van der Waals surface area contributed by atoms with Crippen molar-refractivity contribution in [3.05, 3.63) is 12.4 Å². The largest absolute Gasteiger partial charge is 0.378 e. The van der Waals surface area contributed by atoms with Crippen molar-refractivity contribution in [3.8, 4) is 0 Å². The summed E-state index contributed by atoms with van der Waals surface area (Å²) in [4.78, 5) is 0. The average molecular weight is 208 g/mol. The molecule has 1 atom stereocenters. The van der Waals surface area contributed by atoms with Gasteiger partial charge in [0.05, 0.1) is 11.9 Å². The van der Waals surface area contributed by atoms with Crippen LogP contribution in [0.1, 0.15) is 32.7 Å². The van der Waals surface area contributed by atoms with Gasteiger partial charge in [-0.2, -0.15) is 5.10 Å². The highest BCUT2D eigenvalue weighted by molar-refractivity contribution is 5.39. The van der Waals surface area contributed by atoms with Crippen LogP contribution in [0.4, 0.5) is 5.69 Å². The lowest BCUT2D eigenvalue weighted by atomic mass is 10.1. The Balaban J connectivity index is 1.91. The molecule has 2 heterocycles. The molecule has 0 amide bonds. The Morgan fingerprint density at radius 1 is 1.60 bits per heavy atom. The first-order valence-corrected chi connectivity index (χ1v) is 5.77. The van der Waals surface area contributed by atoms with Gasteiger partial charge in [-0.15, -0.1) is 0 Å². The predicted octanol–water partition coefficient (Wildman–Crippen LogP) is 1.63. The van der Waals surface area contributed by atoms with Gasteiger partial charge in [0.1, 0.15) is 0 Å². The Labute approximate surface area is 91.1 Å². The van der Waals surface area contributed by atoms with E-state index in [4.69, 9.17) is 0 Å². The van der Waals surface area contributed by atoms with Gasteiger partial charge in [-0.1, -0.05) is 0 Å². The molecule has 0 aliphatic carbocycles. The summed E-state index contributed by atoms with van der Waals surface area (Å²) in [6, 6.07) is 0.994. The number of hydrogen-bond donors (Lipinski definition) is 2. The summed E-state index contributed by atoms with van der Waals surface area (Å²) in [5.74, 6) is 0. The fraction of sp³-hybridized carbons (Fsp3) is 0.727. The van der Waals surface area contributed by atoms with Gasteiger partial charge in [0, 0.05) is 24.8 Å². The number of hydrogen-bond acceptors (Lipinski definition) is 3. The second-order valence-corrected chi connectivity index (χ2v) is 4.49. The third-order valence-corrected chi connectivity index (χ3v) is 2.80. The van der Waals surface area contributed by atoms with E-state index in [1.165, 1.54) is 12.8 Å². The maximum Gasteiger partial charge on any atom is 0.0729 e. The van der Waals surface area contributed by atoms with E-state index < -0.39 is 0 Å². The summed E-state index contributed by atoms with van der Waals surface area (Å²) in [5.41, 5.74) is 1.14. The second kappa shape index (κ2) is 4.66. The van der Waals surface area contributed by atoms with Crippen LogP contribution in [-0.4, -0.2) is 28.9 Å². The van der Waals surface area contributed by atoms with E-state index in [1.807, 2.05) is 10.9 Å². The number of aromatic nitrogens is 2. The fourth-order valence-corrected chi connectivity index (χ4v) is 1.91. The van der Waals surface area contributed by atoms with Crippen LogP contribution in [0, 0.1) is 0 Å². The fourth-order valence-electron chi connectivity index (χ4n) is 1.91. The molecule has 0 aromatic carbocycles. The third-order valence-electron chi connectivity index (χ3n) is 2.80. The second-order valence-electron chi connectivity index (χ2n) is 4.49. The van der Waals surface area contributed by atoms with E-state index in [2.05, 4.69) is 35.8 Å². The SMILES string of the molecule is CC(C)n1cc(NC2CCCNC2)cn1. The highest BCUT2D eigenvalue weighted by Gasteiger charge is 2.13. The number of nitrogens with zero attached hydrogens (tertiary/aromatic N) is 2. The summed E-state index contributed by atoms with van der Waals surface area (Å²) >= 11 is 0. The molecule has 84 valence electrons.